The van der Waals surface area contributed by atoms with E-state index in [1.54, 1.807) is 35.4 Å². The van der Waals surface area contributed by atoms with E-state index in [4.69, 9.17) is 9.47 Å². The molecule has 0 bridgehead atoms. The number of ether oxygens (including phenoxy) is 2. The number of rotatable bonds is 7. The lowest BCUT2D eigenvalue weighted by molar-refractivity contribution is -0.121. The molecule has 10 heteroatoms. The van der Waals surface area contributed by atoms with Crippen molar-refractivity contribution in [1.29, 1.82) is 0 Å². The Morgan fingerprint density at radius 3 is 2.37 bits per heavy atom. The molecule has 3 aromatic rings. The third-order valence-electron chi connectivity index (χ3n) is 5.93. The second-order valence-electron chi connectivity index (χ2n) is 8.22. The molecule has 1 aliphatic rings. The summed E-state index contributed by atoms with van der Waals surface area (Å²) in [5.74, 6) is 0.0340. The molecule has 184 valence electrons. The van der Waals surface area contributed by atoms with Crippen LogP contribution in [0.3, 0.4) is 0 Å². The smallest absolute Gasteiger partial charge is 0.254 e. The molecule has 2 aromatic carbocycles. The maximum atomic E-state index is 14.0. The highest BCUT2D eigenvalue weighted by Crippen LogP contribution is 2.34. The van der Waals surface area contributed by atoms with Crippen molar-refractivity contribution in [1.82, 2.24) is 14.5 Å². The average molecular weight is 499 g/mol. The molecule has 0 spiro atoms. The molecule has 0 atom stereocenters. The van der Waals surface area contributed by atoms with Gasteiger partial charge in [0.1, 0.15) is 17.3 Å². The molecule has 2 amide bonds. The minimum atomic E-state index is -0.432. The number of methoxy groups -OCH3 is 2. The highest BCUT2D eigenvalue weighted by atomic mass is 32.2. The minimum Gasteiger partial charge on any atom is -0.497 e. The Bertz CT molecular complexity index is 1200. The zero-order valence-electron chi connectivity index (χ0n) is 19.8. The number of carbonyl (C=O) groups excluding carboxylic acids is 2. The van der Waals surface area contributed by atoms with E-state index in [9.17, 15) is 14.0 Å². The highest BCUT2D eigenvalue weighted by Gasteiger charge is 2.29. The Morgan fingerprint density at radius 1 is 1.09 bits per heavy atom. The molecule has 0 radical (unpaired) electrons. The van der Waals surface area contributed by atoms with Crippen LogP contribution < -0.4 is 14.8 Å². The monoisotopic (exact) mass is 498 g/mol. The van der Waals surface area contributed by atoms with Gasteiger partial charge < -0.3 is 24.3 Å². The van der Waals surface area contributed by atoms with Crippen molar-refractivity contribution < 1.29 is 23.5 Å². The summed E-state index contributed by atoms with van der Waals surface area (Å²) in [5.41, 5.74) is 0.879. The number of aryl methyl sites for hydroxylation is 1. The van der Waals surface area contributed by atoms with Crippen LogP contribution in [0.2, 0.25) is 0 Å². The number of amides is 2. The Hall–Kier alpha value is -3.53. The van der Waals surface area contributed by atoms with E-state index >= 15 is 0 Å². The Kier molecular flexibility index (Phi) is 7.60. The lowest BCUT2D eigenvalue weighted by Gasteiger charge is -2.31. The maximum Gasteiger partial charge on any atom is 0.254 e. The number of halogens is 1. The predicted molar refractivity (Wildman–Crippen MR) is 131 cm³/mol. The van der Waals surface area contributed by atoms with Crippen LogP contribution in [0.5, 0.6) is 11.5 Å². The van der Waals surface area contributed by atoms with Gasteiger partial charge in [0.05, 0.1) is 19.9 Å². The van der Waals surface area contributed by atoms with E-state index in [-0.39, 0.29) is 17.7 Å². The quantitative estimate of drug-likeness (QED) is 0.525. The summed E-state index contributed by atoms with van der Waals surface area (Å²) in [5, 5.41) is 3.62. The van der Waals surface area contributed by atoms with Crippen LogP contribution in [0.15, 0.2) is 58.8 Å². The predicted octanol–water partition coefficient (Wildman–Crippen LogP) is 4.22. The SMILES string of the molecule is COc1cc(OC)cc(C(=O)N2CCC(C(=O)Nc3cc(F)ccc3Sc3nccn3C)CC2)c1. The Morgan fingerprint density at radius 2 is 1.77 bits per heavy atom. The first-order valence-electron chi connectivity index (χ1n) is 11.2. The highest BCUT2D eigenvalue weighted by molar-refractivity contribution is 7.99. The first-order valence-corrected chi connectivity index (χ1v) is 12.0. The van der Waals surface area contributed by atoms with Gasteiger partial charge in [-0.15, -0.1) is 0 Å². The average Bonchev–Trinajstić information content (AvgIpc) is 3.28. The number of imidazole rings is 1. The van der Waals surface area contributed by atoms with Crippen molar-refractivity contribution in [2.75, 3.05) is 32.6 Å². The van der Waals surface area contributed by atoms with Crippen LogP contribution in [-0.2, 0) is 11.8 Å². The molecule has 1 N–H and O–H groups in total. The van der Waals surface area contributed by atoms with Crippen LogP contribution in [0, 0.1) is 11.7 Å². The van der Waals surface area contributed by atoms with E-state index in [0.29, 0.717) is 53.6 Å². The van der Waals surface area contributed by atoms with Gasteiger partial charge in [-0.1, -0.05) is 0 Å². The molecule has 35 heavy (non-hydrogen) atoms. The molecule has 1 aromatic heterocycles. The fourth-order valence-electron chi connectivity index (χ4n) is 3.93. The van der Waals surface area contributed by atoms with Crippen LogP contribution in [0.25, 0.3) is 0 Å². The number of hydrogen-bond acceptors (Lipinski definition) is 6. The summed E-state index contributed by atoms with van der Waals surface area (Å²) in [7, 11) is 4.94. The van der Waals surface area contributed by atoms with E-state index in [2.05, 4.69) is 10.3 Å². The first kappa shape index (κ1) is 24.6. The number of nitrogens with one attached hydrogen (secondary N) is 1. The molecule has 1 aliphatic heterocycles. The number of carbonyl (C=O) groups is 2. The molecule has 8 nitrogen and oxygen atoms in total. The number of hydrogen-bond donors (Lipinski definition) is 1. The van der Waals surface area contributed by atoms with Gasteiger partial charge in [0, 0.05) is 55.0 Å². The van der Waals surface area contributed by atoms with Crippen molar-refractivity contribution in [2.24, 2.45) is 13.0 Å². The van der Waals surface area contributed by atoms with Crippen molar-refractivity contribution >= 4 is 29.3 Å². The van der Waals surface area contributed by atoms with Gasteiger partial charge in [0.15, 0.2) is 5.16 Å². The number of piperidine rings is 1. The number of nitrogens with zero attached hydrogens (tertiary/aromatic N) is 3. The molecule has 0 saturated carbocycles. The Balaban J connectivity index is 1.40. The molecular weight excluding hydrogens is 471 g/mol. The van der Waals surface area contributed by atoms with E-state index in [1.807, 2.05) is 17.8 Å². The summed E-state index contributed by atoms with van der Waals surface area (Å²) >= 11 is 1.35. The van der Waals surface area contributed by atoms with Crippen molar-refractivity contribution in [3.05, 3.63) is 60.2 Å². The number of benzene rings is 2. The van der Waals surface area contributed by atoms with Crippen LogP contribution in [0.1, 0.15) is 23.2 Å². The summed E-state index contributed by atoms with van der Waals surface area (Å²) in [6.45, 7) is 0.878. The standard InChI is InChI=1S/C25H27FN4O4S/c1-29-11-8-27-25(29)35-22-5-4-18(26)14-21(22)28-23(31)16-6-9-30(10-7-16)24(32)17-12-19(33-2)15-20(13-17)34-3/h4-5,8,11-16H,6-7,9-10H2,1-3H3,(H,28,31). The number of likely N-dealkylation sites (tertiary alicyclic amines) is 1. The Labute approximate surface area is 207 Å². The summed E-state index contributed by atoms with van der Waals surface area (Å²) < 4.78 is 26.3. The second kappa shape index (κ2) is 10.8. The minimum absolute atomic E-state index is 0.139. The lowest BCUT2D eigenvalue weighted by Crippen LogP contribution is -2.41. The fourth-order valence-corrected chi connectivity index (χ4v) is 4.80. The van der Waals surface area contributed by atoms with E-state index < -0.39 is 5.82 Å². The largest absolute Gasteiger partial charge is 0.497 e. The summed E-state index contributed by atoms with van der Waals surface area (Å²) in [6, 6.07) is 9.37. The molecule has 0 aliphatic carbocycles. The normalized spacial score (nSPS) is 14.0. The van der Waals surface area contributed by atoms with Crippen LogP contribution in [0.4, 0.5) is 10.1 Å². The topological polar surface area (TPSA) is 85.7 Å². The molecular formula is C25H27FN4O4S. The number of anilines is 1. The molecule has 0 unspecified atom stereocenters. The van der Waals surface area contributed by atoms with Crippen molar-refractivity contribution in [3.8, 4) is 11.5 Å². The second-order valence-corrected chi connectivity index (χ2v) is 9.23. The first-order chi connectivity index (χ1) is 16.9. The molecule has 4 rings (SSSR count). The van der Waals surface area contributed by atoms with Gasteiger partial charge >= 0.3 is 0 Å². The third kappa shape index (κ3) is 5.76. The summed E-state index contributed by atoms with van der Waals surface area (Å²) in [6.07, 6.45) is 4.52. The summed E-state index contributed by atoms with van der Waals surface area (Å²) in [4.78, 5) is 32.7. The fraction of sp³-hybridized carbons (Fsp3) is 0.320. The van der Waals surface area contributed by atoms with Crippen LogP contribution in [-0.4, -0.2) is 53.6 Å². The van der Waals surface area contributed by atoms with Gasteiger partial charge in [0.2, 0.25) is 5.91 Å². The maximum absolute atomic E-state index is 14.0. The van der Waals surface area contributed by atoms with Gasteiger partial charge in [-0.2, -0.15) is 0 Å². The van der Waals surface area contributed by atoms with E-state index in [0.717, 1.165) is 5.16 Å². The zero-order chi connectivity index (χ0) is 24.9. The number of aromatic nitrogens is 2. The van der Waals surface area contributed by atoms with Gasteiger partial charge in [-0.25, -0.2) is 9.37 Å². The van der Waals surface area contributed by atoms with Crippen molar-refractivity contribution in [3.63, 3.8) is 0 Å². The van der Waals surface area contributed by atoms with E-state index in [1.165, 1.54) is 38.1 Å². The molecule has 1 fully saturated rings. The van der Waals surface area contributed by atoms with Crippen molar-refractivity contribution in [2.45, 2.75) is 22.9 Å². The van der Waals surface area contributed by atoms with Gasteiger partial charge in [-0.3, -0.25) is 9.59 Å². The third-order valence-corrected chi connectivity index (χ3v) is 7.08. The van der Waals surface area contributed by atoms with Gasteiger partial charge in [-0.05, 0) is 54.9 Å². The van der Waals surface area contributed by atoms with Crippen LogP contribution >= 0.6 is 11.8 Å². The lowest BCUT2D eigenvalue weighted by atomic mass is 9.95. The molecule has 2 heterocycles. The zero-order valence-corrected chi connectivity index (χ0v) is 20.6. The van der Waals surface area contributed by atoms with Gasteiger partial charge in [0.25, 0.3) is 5.91 Å². The molecule has 1 saturated heterocycles.